The predicted molar refractivity (Wildman–Crippen MR) is 133 cm³/mol. The number of sulfonamides is 1. The molecule has 3 rings (SSSR count). The first-order valence-electron chi connectivity index (χ1n) is 10.7. The second-order valence-electron chi connectivity index (χ2n) is 7.71. The Hall–Kier alpha value is -4.08. The minimum atomic E-state index is -3.87. The highest BCUT2D eigenvalue weighted by Gasteiger charge is 2.14. The van der Waals surface area contributed by atoms with E-state index in [0.29, 0.717) is 16.8 Å². The molecule has 0 atom stereocenters. The highest BCUT2D eigenvalue weighted by molar-refractivity contribution is 7.89. The maximum Gasteiger partial charge on any atom is 0.304 e. The molecule has 0 heterocycles. The van der Waals surface area contributed by atoms with Gasteiger partial charge in [-0.15, -0.1) is 0 Å². The fourth-order valence-corrected chi connectivity index (χ4v) is 4.10. The van der Waals surface area contributed by atoms with Crippen LogP contribution in [0.3, 0.4) is 0 Å². The molecular weight excluding hydrogens is 468 g/mol. The van der Waals surface area contributed by atoms with Gasteiger partial charge in [-0.1, -0.05) is 35.9 Å². The lowest BCUT2D eigenvalue weighted by molar-refractivity contribution is -0.136. The monoisotopic (exact) mass is 492 g/mol. The number of carboxylic acid groups (broad SMARTS) is 1. The van der Waals surface area contributed by atoms with Gasteiger partial charge in [0.05, 0.1) is 11.3 Å². The summed E-state index contributed by atoms with van der Waals surface area (Å²) in [6, 6.07) is 19.6. The average molecular weight is 493 g/mol. The minimum absolute atomic E-state index is 0.0690. The number of aliphatic carboxylic acids is 1. The van der Waals surface area contributed by atoms with Gasteiger partial charge in [0.1, 0.15) is 0 Å². The number of aryl methyl sites for hydroxylation is 1. The number of carboxylic acids is 1. The molecular formula is C26H24N2O6S. The summed E-state index contributed by atoms with van der Waals surface area (Å²) in [7, 11) is -3.87. The van der Waals surface area contributed by atoms with Crippen molar-refractivity contribution < 1.29 is 27.9 Å². The van der Waals surface area contributed by atoms with E-state index >= 15 is 0 Å². The van der Waals surface area contributed by atoms with Crippen LogP contribution in [0.4, 0.5) is 5.69 Å². The second-order valence-corrected chi connectivity index (χ2v) is 9.48. The number of carbonyl (C=O) groups excluding carboxylic acids is 2. The number of carbonyl (C=O) groups is 3. The van der Waals surface area contributed by atoms with E-state index in [9.17, 15) is 22.8 Å². The molecule has 3 aromatic rings. The number of benzene rings is 3. The van der Waals surface area contributed by atoms with Crippen molar-refractivity contribution in [2.75, 3.05) is 11.9 Å². The molecule has 0 aromatic heterocycles. The molecule has 0 spiro atoms. The quantitative estimate of drug-likeness (QED) is 0.291. The molecule has 0 bridgehead atoms. The third-order valence-corrected chi connectivity index (χ3v) is 6.44. The molecule has 3 N–H and O–H groups in total. The van der Waals surface area contributed by atoms with E-state index in [-0.39, 0.29) is 35.1 Å². The number of hydrogen-bond donors (Lipinski definition) is 3. The van der Waals surface area contributed by atoms with Gasteiger partial charge in [0.2, 0.25) is 10.0 Å². The molecule has 0 saturated heterocycles. The van der Waals surface area contributed by atoms with Crippen LogP contribution in [0.25, 0.3) is 6.08 Å². The third-order valence-electron chi connectivity index (χ3n) is 4.97. The van der Waals surface area contributed by atoms with Crippen molar-refractivity contribution in [3.63, 3.8) is 0 Å². The molecule has 0 aliphatic carbocycles. The van der Waals surface area contributed by atoms with E-state index in [4.69, 9.17) is 5.11 Å². The van der Waals surface area contributed by atoms with Gasteiger partial charge >= 0.3 is 5.97 Å². The van der Waals surface area contributed by atoms with E-state index < -0.39 is 16.0 Å². The molecule has 0 aliphatic rings. The van der Waals surface area contributed by atoms with Crippen molar-refractivity contribution in [3.8, 4) is 0 Å². The van der Waals surface area contributed by atoms with Crippen LogP contribution in [-0.4, -0.2) is 37.7 Å². The smallest absolute Gasteiger partial charge is 0.304 e. The van der Waals surface area contributed by atoms with Gasteiger partial charge in [-0.05, 0) is 67.1 Å². The first kappa shape index (κ1) is 25.5. The van der Waals surface area contributed by atoms with Crippen molar-refractivity contribution in [2.45, 2.75) is 18.2 Å². The van der Waals surface area contributed by atoms with Gasteiger partial charge in [-0.2, -0.15) is 0 Å². The highest BCUT2D eigenvalue weighted by atomic mass is 32.2. The van der Waals surface area contributed by atoms with E-state index in [1.807, 2.05) is 19.1 Å². The zero-order valence-electron chi connectivity index (χ0n) is 18.9. The molecule has 8 nitrogen and oxygen atoms in total. The van der Waals surface area contributed by atoms with Crippen molar-refractivity contribution in [1.82, 2.24) is 4.72 Å². The summed E-state index contributed by atoms with van der Waals surface area (Å²) < 4.78 is 26.6. The van der Waals surface area contributed by atoms with Gasteiger partial charge in [0.25, 0.3) is 5.91 Å². The van der Waals surface area contributed by atoms with Gasteiger partial charge in [-0.3, -0.25) is 14.4 Å². The van der Waals surface area contributed by atoms with E-state index in [1.165, 1.54) is 30.3 Å². The van der Waals surface area contributed by atoms with Crippen LogP contribution in [0.5, 0.6) is 0 Å². The van der Waals surface area contributed by atoms with Crippen molar-refractivity contribution >= 4 is 39.4 Å². The van der Waals surface area contributed by atoms with Crippen LogP contribution in [0.15, 0.2) is 83.8 Å². The van der Waals surface area contributed by atoms with E-state index in [0.717, 1.165) is 5.56 Å². The fourth-order valence-electron chi connectivity index (χ4n) is 3.07. The zero-order chi connectivity index (χ0) is 25.4. The van der Waals surface area contributed by atoms with Crippen LogP contribution in [0.1, 0.15) is 38.3 Å². The molecule has 0 radical (unpaired) electrons. The first-order chi connectivity index (χ1) is 16.6. The normalized spacial score (nSPS) is 11.3. The minimum Gasteiger partial charge on any atom is -0.481 e. The Labute approximate surface area is 203 Å². The molecule has 9 heteroatoms. The SMILES string of the molecule is Cc1ccc(C(=O)Nc2cccc(/C=C/C(=O)c3ccc(S(=O)(=O)NCCC(=O)O)cc3)c2)cc1. The maximum absolute atomic E-state index is 12.5. The van der Waals surface area contributed by atoms with Gasteiger partial charge in [0.15, 0.2) is 5.78 Å². The molecule has 0 saturated carbocycles. The Morgan fingerprint density at radius 2 is 1.57 bits per heavy atom. The summed E-state index contributed by atoms with van der Waals surface area (Å²) in [6.07, 6.45) is 2.62. The van der Waals surface area contributed by atoms with E-state index in [2.05, 4.69) is 10.0 Å². The lowest BCUT2D eigenvalue weighted by atomic mass is 10.1. The molecule has 180 valence electrons. The predicted octanol–water partition coefficient (Wildman–Crippen LogP) is 3.90. The van der Waals surface area contributed by atoms with Gasteiger partial charge in [-0.25, -0.2) is 13.1 Å². The Kier molecular flexibility index (Phi) is 8.30. The molecule has 0 unspecified atom stereocenters. The maximum atomic E-state index is 12.5. The van der Waals surface area contributed by atoms with Crippen LogP contribution in [0, 0.1) is 6.92 Å². The Morgan fingerprint density at radius 1 is 0.914 bits per heavy atom. The number of amides is 1. The summed E-state index contributed by atoms with van der Waals surface area (Å²) in [6.45, 7) is 1.71. The number of ketones is 1. The van der Waals surface area contributed by atoms with Gasteiger partial charge in [0, 0.05) is 23.4 Å². The zero-order valence-corrected chi connectivity index (χ0v) is 19.7. The fraction of sp³-hybridized carbons (Fsp3) is 0.115. The third kappa shape index (κ3) is 7.46. The molecule has 1 amide bonds. The number of hydrogen-bond acceptors (Lipinski definition) is 5. The second kappa shape index (κ2) is 11.4. The van der Waals surface area contributed by atoms with Gasteiger partial charge < -0.3 is 10.4 Å². The summed E-state index contributed by atoms with van der Waals surface area (Å²) in [5, 5.41) is 11.4. The molecule has 0 fully saturated rings. The van der Waals surface area contributed by atoms with Crippen molar-refractivity contribution in [2.24, 2.45) is 0 Å². The summed E-state index contributed by atoms with van der Waals surface area (Å²) in [5.74, 6) is -1.68. The van der Waals surface area contributed by atoms with E-state index in [1.54, 1.807) is 42.5 Å². The molecule has 3 aromatic carbocycles. The Morgan fingerprint density at radius 3 is 2.23 bits per heavy atom. The summed E-state index contributed by atoms with van der Waals surface area (Å²) in [5.41, 5.74) is 3.16. The van der Waals surface area contributed by atoms with Crippen LogP contribution >= 0.6 is 0 Å². The average Bonchev–Trinajstić information content (AvgIpc) is 2.83. The lowest BCUT2D eigenvalue weighted by Gasteiger charge is -2.07. The van der Waals surface area contributed by atoms with Crippen molar-refractivity contribution in [1.29, 1.82) is 0 Å². The lowest BCUT2D eigenvalue weighted by Crippen LogP contribution is -2.26. The summed E-state index contributed by atoms with van der Waals surface area (Å²) in [4.78, 5) is 35.4. The number of rotatable bonds is 10. The number of nitrogens with one attached hydrogen (secondary N) is 2. The van der Waals surface area contributed by atoms with Crippen LogP contribution in [-0.2, 0) is 14.8 Å². The van der Waals surface area contributed by atoms with Crippen LogP contribution in [0.2, 0.25) is 0 Å². The first-order valence-corrected chi connectivity index (χ1v) is 12.1. The molecule has 35 heavy (non-hydrogen) atoms. The number of allylic oxidation sites excluding steroid dienone is 1. The largest absolute Gasteiger partial charge is 0.481 e. The van der Waals surface area contributed by atoms with Crippen molar-refractivity contribution in [3.05, 3.63) is 101 Å². The summed E-state index contributed by atoms with van der Waals surface area (Å²) >= 11 is 0. The number of anilines is 1. The highest BCUT2D eigenvalue weighted by Crippen LogP contribution is 2.16. The topological polar surface area (TPSA) is 130 Å². The Balaban J connectivity index is 1.63. The molecule has 0 aliphatic heterocycles. The standard InChI is InChI=1S/C26H24N2O6S/c1-18-5-8-21(9-6-18)26(32)28-22-4-2-3-19(17-22)7-14-24(29)20-10-12-23(13-11-20)35(33,34)27-16-15-25(30)31/h2-14,17,27H,15-16H2,1H3,(H,28,32)(H,30,31)/b14-7+. The van der Waals surface area contributed by atoms with Crippen LogP contribution < -0.4 is 10.0 Å². The Bertz CT molecular complexity index is 1360.